The summed E-state index contributed by atoms with van der Waals surface area (Å²) in [5.41, 5.74) is 6.85. The summed E-state index contributed by atoms with van der Waals surface area (Å²) in [6, 6.07) is 7.52. The molecule has 0 aromatic heterocycles. The lowest BCUT2D eigenvalue weighted by molar-refractivity contribution is 0.475. The van der Waals surface area contributed by atoms with E-state index in [1.54, 1.807) is 12.1 Å². The van der Waals surface area contributed by atoms with Crippen molar-refractivity contribution in [3.05, 3.63) is 29.8 Å². The first-order valence-corrected chi connectivity index (χ1v) is 4.22. The standard InChI is InChI=1S/C10H15NO/c1-8(11)2-3-9-4-6-10(12)7-5-9/h4-8,12H,2-3,11H2,1H3. The van der Waals surface area contributed by atoms with Crippen molar-refractivity contribution in [3.8, 4) is 5.75 Å². The van der Waals surface area contributed by atoms with Crippen molar-refractivity contribution in [1.29, 1.82) is 0 Å². The molecule has 12 heavy (non-hydrogen) atoms. The lowest BCUT2D eigenvalue weighted by atomic mass is 10.1. The summed E-state index contributed by atoms with van der Waals surface area (Å²) in [5.74, 6) is 0.319. The Labute approximate surface area is 73.0 Å². The number of phenols is 1. The molecular weight excluding hydrogens is 150 g/mol. The molecule has 1 rings (SSSR count). The van der Waals surface area contributed by atoms with Crippen molar-refractivity contribution < 1.29 is 5.11 Å². The molecule has 0 fully saturated rings. The van der Waals surface area contributed by atoms with E-state index in [0.29, 0.717) is 5.75 Å². The van der Waals surface area contributed by atoms with Crippen LogP contribution in [0.3, 0.4) is 0 Å². The van der Waals surface area contributed by atoms with Crippen LogP contribution in [-0.4, -0.2) is 11.1 Å². The van der Waals surface area contributed by atoms with E-state index in [4.69, 9.17) is 10.8 Å². The lowest BCUT2D eigenvalue weighted by Crippen LogP contribution is -2.15. The number of aryl methyl sites for hydroxylation is 1. The molecule has 66 valence electrons. The van der Waals surface area contributed by atoms with Crippen LogP contribution in [0.1, 0.15) is 18.9 Å². The van der Waals surface area contributed by atoms with Crippen LogP contribution < -0.4 is 5.73 Å². The molecule has 0 heterocycles. The lowest BCUT2D eigenvalue weighted by Gasteiger charge is -2.04. The van der Waals surface area contributed by atoms with Crippen molar-refractivity contribution in [2.24, 2.45) is 5.73 Å². The normalized spacial score (nSPS) is 12.8. The largest absolute Gasteiger partial charge is 0.508 e. The molecule has 0 aliphatic carbocycles. The zero-order valence-electron chi connectivity index (χ0n) is 7.33. The summed E-state index contributed by atoms with van der Waals surface area (Å²) in [6.45, 7) is 2.00. The van der Waals surface area contributed by atoms with Crippen molar-refractivity contribution in [2.45, 2.75) is 25.8 Å². The summed E-state index contributed by atoms with van der Waals surface area (Å²) in [6.07, 6.45) is 1.97. The summed E-state index contributed by atoms with van der Waals surface area (Å²) in [4.78, 5) is 0. The molecule has 1 aromatic carbocycles. The maximum Gasteiger partial charge on any atom is 0.115 e. The van der Waals surface area contributed by atoms with Gasteiger partial charge in [-0.1, -0.05) is 12.1 Å². The van der Waals surface area contributed by atoms with Crippen LogP contribution in [0.2, 0.25) is 0 Å². The molecule has 0 saturated carbocycles. The fraction of sp³-hybridized carbons (Fsp3) is 0.400. The van der Waals surface area contributed by atoms with E-state index >= 15 is 0 Å². The molecule has 0 spiro atoms. The van der Waals surface area contributed by atoms with Crippen molar-refractivity contribution in [1.82, 2.24) is 0 Å². The number of nitrogens with two attached hydrogens (primary N) is 1. The van der Waals surface area contributed by atoms with E-state index in [2.05, 4.69) is 0 Å². The molecule has 0 radical (unpaired) electrons. The molecule has 1 unspecified atom stereocenters. The maximum absolute atomic E-state index is 9.01. The molecule has 0 aliphatic heterocycles. The Morgan fingerprint density at radius 3 is 2.42 bits per heavy atom. The van der Waals surface area contributed by atoms with Crippen LogP contribution in [0.15, 0.2) is 24.3 Å². The fourth-order valence-corrected chi connectivity index (χ4v) is 1.06. The number of phenolic OH excluding ortho intramolecular Hbond substituents is 1. The Balaban J connectivity index is 2.48. The van der Waals surface area contributed by atoms with Crippen LogP contribution in [0, 0.1) is 0 Å². The van der Waals surface area contributed by atoms with Crippen LogP contribution in [0.5, 0.6) is 5.75 Å². The molecule has 3 N–H and O–H groups in total. The number of hydrogen-bond acceptors (Lipinski definition) is 2. The Bertz CT molecular complexity index is 228. The summed E-state index contributed by atoms with van der Waals surface area (Å²) in [7, 11) is 0. The SMILES string of the molecule is CC(N)CCc1ccc(O)cc1. The predicted octanol–water partition coefficient (Wildman–Crippen LogP) is 1.67. The average molecular weight is 165 g/mol. The molecular formula is C10H15NO. The Morgan fingerprint density at radius 2 is 1.92 bits per heavy atom. The first kappa shape index (κ1) is 9.07. The van der Waals surface area contributed by atoms with Gasteiger partial charge in [-0.25, -0.2) is 0 Å². The van der Waals surface area contributed by atoms with Gasteiger partial charge in [-0.2, -0.15) is 0 Å². The molecule has 2 heteroatoms. The summed E-state index contributed by atoms with van der Waals surface area (Å²) in [5, 5.41) is 9.01. The first-order chi connectivity index (χ1) is 5.68. The number of rotatable bonds is 3. The van der Waals surface area contributed by atoms with Gasteiger partial charge in [-0.05, 0) is 37.5 Å². The third kappa shape index (κ3) is 2.93. The molecule has 2 nitrogen and oxygen atoms in total. The zero-order valence-corrected chi connectivity index (χ0v) is 7.33. The molecule has 0 amide bonds. The highest BCUT2D eigenvalue weighted by Crippen LogP contribution is 2.11. The third-order valence-electron chi connectivity index (χ3n) is 1.82. The molecule has 0 saturated heterocycles. The van der Waals surface area contributed by atoms with Crippen molar-refractivity contribution >= 4 is 0 Å². The minimum Gasteiger partial charge on any atom is -0.508 e. The van der Waals surface area contributed by atoms with Crippen LogP contribution >= 0.6 is 0 Å². The predicted molar refractivity (Wildman–Crippen MR) is 50.1 cm³/mol. The second-order valence-corrected chi connectivity index (χ2v) is 3.18. The van der Waals surface area contributed by atoms with E-state index in [1.807, 2.05) is 19.1 Å². The topological polar surface area (TPSA) is 46.2 Å². The summed E-state index contributed by atoms with van der Waals surface area (Å²) >= 11 is 0. The average Bonchev–Trinajstić information content (AvgIpc) is 2.03. The van der Waals surface area contributed by atoms with Crippen molar-refractivity contribution in [3.63, 3.8) is 0 Å². The monoisotopic (exact) mass is 165 g/mol. The van der Waals surface area contributed by atoms with Crippen LogP contribution in [-0.2, 0) is 6.42 Å². The Kier molecular flexibility index (Phi) is 3.11. The highest BCUT2D eigenvalue weighted by Gasteiger charge is 1.96. The Morgan fingerprint density at radius 1 is 1.33 bits per heavy atom. The number of hydrogen-bond donors (Lipinski definition) is 2. The van der Waals surface area contributed by atoms with Crippen LogP contribution in [0.4, 0.5) is 0 Å². The molecule has 1 aromatic rings. The van der Waals surface area contributed by atoms with Gasteiger partial charge < -0.3 is 10.8 Å². The van der Waals surface area contributed by atoms with Gasteiger partial charge in [0, 0.05) is 6.04 Å². The van der Waals surface area contributed by atoms with Gasteiger partial charge in [-0.3, -0.25) is 0 Å². The van der Waals surface area contributed by atoms with E-state index in [1.165, 1.54) is 5.56 Å². The van der Waals surface area contributed by atoms with Crippen LogP contribution in [0.25, 0.3) is 0 Å². The van der Waals surface area contributed by atoms with Gasteiger partial charge in [-0.15, -0.1) is 0 Å². The minimum atomic E-state index is 0.249. The minimum absolute atomic E-state index is 0.249. The second-order valence-electron chi connectivity index (χ2n) is 3.18. The first-order valence-electron chi connectivity index (χ1n) is 4.22. The van der Waals surface area contributed by atoms with E-state index in [9.17, 15) is 0 Å². The zero-order chi connectivity index (χ0) is 8.97. The maximum atomic E-state index is 9.01. The quantitative estimate of drug-likeness (QED) is 0.715. The summed E-state index contributed by atoms with van der Waals surface area (Å²) < 4.78 is 0. The van der Waals surface area contributed by atoms with Crippen molar-refractivity contribution in [2.75, 3.05) is 0 Å². The Hall–Kier alpha value is -1.02. The van der Waals surface area contributed by atoms with Gasteiger partial charge in [0.25, 0.3) is 0 Å². The molecule has 1 atom stereocenters. The highest BCUT2D eigenvalue weighted by molar-refractivity contribution is 5.25. The van der Waals surface area contributed by atoms with Gasteiger partial charge in [0.2, 0.25) is 0 Å². The van der Waals surface area contributed by atoms with E-state index in [-0.39, 0.29) is 6.04 Å². The molecule has 0 aliphatic rings. The van der Waals surface area contributed by atoms with Gasteiger partial charge in [0.05, 0.1) is 0 Å². The van der Waals surface area contributed by atoms with Gasteiger partial charge >= 0.3 is 0 Å². The number of aromatic hydroxyl groups is 1. The number of benzene rings is 1. The second kappa shape index (κ2) is 4.12. The fourth-order valence-electron chi connectivity index (χ4n) is 1.06. The highest BCUT2D eigenvalue weighted by atomic mass is 16.3. The van der Waals surface area contributed by atoms with E-state index < -0.39 is 0 Å². The third-order valence-corrected chi connectivity index (χ3v) is 1.82. The van der Waals surface area contributed by atoms with Gasteiger partial charge in [0.15, 0.2) is 0 Å². The van der Waals surface area contributed by atoms with Gasteiger partial charge in [0.1, 0.15) is 5.75 Å². The molecule has 0 bridgehead atoms. The smallest absolute Gasteiger partial charge is 0.115 e. The van der Waals surface area contributed by atoms with E-state index in [0.717, 1.165) is 12.8 Å².